The Morgan fingerprint density at radius 2 is 2.00 bits per heavy atom. The number of ether oxygens (including phenoxy) is 3. The highest BCUT2D eigenvalue weighted by Gasteiger charge is 2.27. The molecular formula is C22H21N3O6S. The number of esters is 1. The summed E-state index contributed by atoms with van der Waals surface area (Å²) >= 11 is 1.22. The third-order valence-electron chi connectivity index (χ3n) is 4.59. The Morgan fingerprint density at radius 3 is 2.75 bits per heavy atom. The second kappa shape index (κ2) is 9.23. The van der Waals surface area contributed by atoms with E-state index >= 15 is 0 Å². The topological polar surface area (TPSA) is 108 Å². The maximum Gasteiger partial charge on any atom is 0.326 e. The van der Waals surface area contributed by atoms with E-state index in [0.717, 1.165) is 4.70 Å². The lowest BCUT2D eigenvalue weighted by atomic mass is 10.2. The first-order valence-electron chi connectivity index (χ1n) is 9.98. The predicted octanol–water partition coefficient (Wildman–Crippen LogP) is 2.49. The minimum Gasteiger partial charge on any atom is -0.485 e. The predicted molar refractivity (Wildman–Crippen MR) is 118 cm³/mol. The van der Waals surface area contributed by atoms with Crippen LogP contribution in [0.5, 0.6) is 11.5 Å². The van der Waals surface area contributed by atoms with Gasteiger partial charge in [-0.15, -0.1) is 0 Å². The Bertz CT molecular complexity index is 1260. The first-order valence-corrected chi connectivity index (χ1v) is 10.8. The number of hydrogen-bond donors (Lipinski definition) is 1. The quantitative estimate of drug-likeness (QED) is 0.592. The van der Waals surface area contributed by atoms with Gasteiger partial charge in [-0.25, -0.2) is 0 Å². The molecule has 0 saturated carbocycles. The van der Waals surface area contributed by atoms with Crippen molar-refractivity contribution in [2.45, 2.75) is 26.5 Å². The highest BCUT2D eigenvalue weighted by atomic mass is 32.1. The van der Waals surface area contributed by atoms with E-state index in [4.69, 9.17) is 14.2 Å². The average Bonchev–Trinajstić information content (AvgIpc) is 3.09. The van der Waals surface area contributed by atoms with Gasteiger partial charge in [0.1, 0.15) is 13.2 Å². The highest BCUT2D eigenvalue weighted by Crippen LogP contribution is 2.31. The summed E-state index contributed by atoms with van der Waals surface area (Å²) in [6, 6.07) is 12.3. The van der Waals surface area contributed by atoms with Crippen LogP contribution in [0.1, 0.15) is 13.8 Å². The number of nitrogens with one attached hydrogen (secondary N) is 1. The van der Waals surface area contributed by atoms with E-state index in [1.165, 1.54) is 18.3 Å². The van der Waals surface area contributed by atoms with Gasteiger partial charge in [0, 0.05) is 12.6 Å². The molecule has 1 atom stereocenters. The lowest BCUT2D eigenvalue weighted by molar-refractivity contribution is -0.143. The molecule has 4 rings (SSSR count). The number of benzene rings is 2. The van der Waals surface area contributed by atoms with Crippen LogP contribution in [0, 0.1) is 0 Å². The summed E-state index contributed by atoms with van der Waals surface area (Å²) in [5, 5.41) is 2.72. The van der Waals surface area contributed by atoms with Crippen molar-refractivity contribution in [2.75, 3.05) is 18.5 Å². The summed E-state index contributed by atoms with van der Waals surface area (Å²) in [6.07, 6.45) is -0.902. The van der Waals surface area contributed by atoms with E-state index in [1.54, 1.807) is 47.9 Å². The van der Waals surface area contributed by atoms with Crippen molar-refractivity contribution in [2.24, 2.45) is 4.99 Å². The van der Waals surface area contributed by atoms with Crippen LogP contribution >= 0.6 is 11.3 Å². The number of hydrogen-bond acceptors (Lipinski definition) is 7. The summed E-state index contributed by atoms with van der Waals surface area (Å²) in [7, 11) is 0. The maximum absolute atomic E-state index is 12.9. The normalized spacial score (nSPS) is 15.4. The van der Waals surface area contributed by atoms with Crippen LogP contribution in [0.15, 0.2) is 47.5 Å². The number of para-hydroxylation sites is 2. The van der Waals surface area contributed by atoms with Crippen LogP contribution in [0.4, 0.5) is 5.69 Å². The molecule has 0 saturated heterocycles. The van der Waals surface area contributed by atoms with Gasteiger partial charge in [-0.1, -0.05) is 23.5 Å². The highest BCUT2D eigenvalue weighted by molar-refractivity contribution is 7.16. The van der Waals surface area contributed by atoms with Crippen molar-refractivity contribution in [1.82, 2.24) is 4.57 Å². The van der Waals surface area contributed by atoms with Gasteiger partial charge in [-0.3, -0.25) is 14.4 Å². The molecule has 0 spiro atoms. The zero-order chi connectivity index (χ0) is 22.7. The fourth-order valence-corrected chi connectivity index (χ4v) is 4.31. The number of anilines is 1. The van der Waals surface area contributed by atoms with Gasteiger partial charge < -0.3 is 24.1 Å². The summed E-state index contributed by atoms with van der Waals surface area (Å²) in [5.41, 5.74) is 1.29. The Hall–Kier alpha value is -3.66. The molecule has 0 fully saturated rings. The summed E-state index contributed by atoms with van der Waals surface area (Å²) < 4.78 is 18.8. The van der Waals surface area contributed by atoms with Gasteiger partial charge in [-0.2, -0.15) is 4.99 Å². The fourth-order valence-electron chi connectivity index (χ4n) is 3.24. The zero-order valence-electron chi connectivity index (χ0n) is 17.5. The van der Waals surface area contributed by atoms with Crippen LogP contribution in [-0.4, -0.2) is 41.7 Å². The molecule has 10 heteroatoms. The van der Waals surface area contributed by atoms with E-state index < -0.39 is 18.0 Å². The largest absolute Gasteiger partial charge is 0.485 e. The molecule has 166 valence electrons. The van der Waals surface area contributed by atoms with Gasteiger partial charge in [-0.05, 0) is 37.3 Å². The molecule has 3 aromatic rings. The molecule has 2 heterocycles. The summed E-state index contributed by atoms with van der Waals surface area (Å²) in [5.74, 6) is -0.122. The standard InChI is InChI=1S/C22H21N3O6S/c1-3-29-20(27)11-25-15-9-8-14(23-13(2)26)10-19(15)32-22(25)24-21(28)18-12-30-16-6-4-5-7-17(16)31-18/h4-10,18H,3,11-12H2,1-2H3,(H,23,26)/t18-/m1/s1. The van der Waals surface area contributed by atoms with Gasteiger partial charge in [0.15, 0.2) is 16.3 Å². The third-order valence-corrected chi connectivity index (χ3v) is 5.63. The van der Waals surface area contributed by atoms with Crippen molar-refractivity contribution in [3.8, 4) is 11.5 Å². The molecule has 9 nitrogen and oxygen atoms in total. The Morgan fingerprint density at radius 1 is 1.22 bits per heavy atom. The Labute approximate surface area is 187 Å². The minimum absolute atomic E-state index is 0.0365. The molecule has 1 aliphatic heterocycles. The van der Waals surface area contributed by atoms with E-state index in [1.807, 2.05) is 6.07 Å². The average molecular weight is 455 g/mol. The van der Waals surface area contributed by atoms with E-state index in [2.05, 4.69) is 10.3 Å². The number of thiazole rings is 1. The molecule has 1 aliphatic rings. The molecule has 0 aliphatic carbocycles. The van der Waals surface area contributed by atoms with Crippen molar-refractivity contribution in [3.05, 3.63) is 47.3 Å². The Kier molecular flexibility index (Phi) is 6.22. The van der Waals surface area contributed by atoms with Crippen LogP contribution in [0.25, 0.3) is 10.2 Å². The molecular weight excluding hydrogens is 434 g/mol. The third kappa shape index (κ3) is 4.65. The molecule has 32 heavy (non-hydrogen) atoms. The molecule has 2 amide bonds. The molecule has 0 unspecified atom stereocenters. The molecule has 0 radical (unpaired) electrons. The fraction of sp³-hybridized carbons (Fsp3) is 0.273. The molecule has 1 N–H and O–H groups in total. The summed E-state index contributed by atoms with van der Waals surface area (Å²) in [4.78, 5) is 41.0. The number of aromatic nitrogens is 1. The van der Waals surface area contributed by atoms with Crippen LogP contribution in [0.3, 0.4) is 0 Å². The molecule has 2 aromatic carbocycles. The van der Waals surface area contributed by atoms with E-state index in [9.17, 15) is 14.4 Å². The van der Waals surface area contributed by atoms with Crippen LogP contribution in [-0.2, 0) is 25.7 Å². The lowest BCUT2D eigenvalue weighted by Gasteiger charge is -2.23. The van der Waals surface area contributed by atoms with Crippen molar-refractivity contribution in [3.63, 3.8) is 0 Å². The second-order valence-electron chi connectivity index (χ2n) is 6.95. The van der Waals surface area contributed by atoms with Crippen LogP contribution < -0.4 is 19.6 Å². The van der Waals surface area contributed by atoms with Crippen molar-refractivity contribution < 1.29 is 28.6 Å². The van der Waals surface area contributed by atoms with Gasteiger partial charge in [0.25, 0.3) is 5.91 Å². The number of nitrogens with zero attached hydrogens (tertiary/aromatic N) is 2. The first-order chi connectivity index (χ1) is 15.4. The lowest BCUT2D eigenvalue weighted by Crippen LogP contribution is -2.37. The number of carbonyl (C=O) groups is 3. The zero-order valence-corrected chi connectivity index (χ0v) is 18.3. The number of carbonyl (C=O) groups excluding carboxylic acids is 3. The van der Waals surface area contributed by atoms with Gasteiger partial charge in [0.2, 0.25) is 12.0 Å². The molecule has 0 bridgehead atoms. The number of rotatable bonds is 5. The van der Waals surface area contributed by atoms with Crippen LogP contribution in [0.2, 0.25) is 0 Å². The number of amides is 2. The maximum atomic E-state index is 12.9. The SMILES string of the molecule is CCOC(=O)Cn1c(=NC(=O)[C@H]2COc3ccccc3O2)sc2cc(NC(C)=O)ccc21. The monoisotopic (exact) mass is 455 g/mol. The summed E-state index contributed by atoms with van der Waals surface area (Å²) in [6.45, 7) is 3.32. The van der Waals surface area contributed by atoms with E-state index in [0.29, 0.717) is 27.5 Å². The van der Waals surface area contributed by atoms with Gasteiger partial charge in [0.05, 0.1) is 16.8 Å². The van der Waals surface area contributed by atoms with E-state index in [-0.39, 0.29) is 25.7 Å². The Balaban J connectivity index is 1.70. The first kappa shape index (κ1) is 21.6. The smallest absolute Gasteiger partial charge is 0.326 e. The van der Waals surface area contributed by atoms with Gasteiger partial charge >= 0.3 is 5.97 Å². The van der Waals surface area contributed by atoms with Crippen molar-refractivity contribution in [1.29, 1.82) is 0 Å². The second-order valence-corrected chi connectivity index (χ2v) is 7.96. The number of fused-ring (bicyclic) bond motifs is 2. The van der Waals surface area contributed by atoms with Crippen molar-refractivity contribution >= 4 is 45.0 Å². The minimum atomic E-state index is -0.902. The molecule has 1 aromatic heterocycles.